The zero-order chi connectivity index (χ0) is 13.8. The summed E-state index contributed by atoms with van der Waals surface area (Å²) < 4.78 is 0. The van der Waals surface area contributed by atoms with Gasteiger partial charge in [0.25, 0.3) is 0 Å². The normalized spacial score (nSPS) is 24.6. The van der Waals surface area contributed by atoms with Crippen molar-refractivity contribution >= 4 is 11.8 Å². The maximum atomic E-state index is 11.7. The van der Waals surface area contributed by atoms with Crippen LogP contribution in [0.25, 0.3) is 0 Å². The van der Waals surface area contributed by atoms with Crippen molar-refractivity contribution in [2.45, 2.75) is 58.0 Å². The summed E-state index contributed by atoms with van der Waals surface area (Å²) >= 11 is 0. The highest BCUT2D eigenvalue weighted by Crippen LogP contribution is 2.23. The quantitative estimate of drug-likeness (QED) is 0.685. The molecule has 104 valence electrons. The summed E-state index contributed by atoms with van der Waals surface area (Å²) in [6.45, 7) is 6.41. The summed E-state index contributed by atoms with van der Waals surface area (Å²) in [5.74, 6) is -0.201. The van der Waals surface area contributed by atoms with Crippen LogP contribution in [0.15, 0.2) is 0 Å². The molecule has 0 radical (unpaired) electrons. The van der Waals surface area contributed by atoms with Gasteiger partial charge in [-0.15, -0.1) is 0 Å². The Hall–Kier alpha value is -1.10. The molecular weight excluding hydrogens is 230 g/mol. The SMILES string of the molecule is CC(C)(C)NCC(=O)NC1CCC(C(N)=O)CC1. The minimum absolute atomic E-state index is 0.00847. The Morgan fingerprint density at radius 1 is 1.17 bits per heavy atom. The first-order chi connectivity index (χ1) is 8.28. The van der Waals surface area contributed by atoms with Crippen molar-refractivity contribution in [3.8, 4) is 0 Å². The van der Waals surface area contributed by atoms with E-state index in [1.54, 1.807) is 0 Å². The lowest BCUT2D eigenvalue weighted by molar-refractivity contribution is -0.123. The fourth-order valence-electron chi connectivity index (χ4n) is 2.15. The summed E-state index contributed by atoms with van der Waals surface area (Å²) in [7, 11) is 0. The van der Waals surface area contributed by atoms with E-state index in [0.29, 0.717) is 6.54 Å². The van der Waals surface area contributed by atoms with Gasteiger partial charge in [0.05, 0.1) is 6.54 Å². The Morgan fingerprint density at radius 2 is 1.72 bits per heavy atom. The zero-order valence-corrected chi connectivity index (χ0v) is 11.6. The number of hydrogen-bond donors (Lipinski definition) is 3. The number of amides is 2. The highest BCUT2D eigenvalue weighted by molar-refractivity contribution is 5.79. The lowest BCUT2D eigenvalue weighted by atomic mass is 9.85. The lowest BCUT2D eigenvalue weighted by Crippen LogP contribution is -2.47. The van der Waals surface area contributed by atoms with Gasteiger partial charge in [-0.25, -0.2) is 0 Å². The van der Waals surface area contributed by atoms with Crippen LogP contribution in [0.4, 0.5) is 0 Å². The van der Waals surface area contributed by atoms with Crippen LogP contribution >= 0.6 is 0 Å². The molecule has 5 nitrogen and oxygen atoms in total. The zero-order valence-electron chi connectivity index (χ0n) is 11.6. The molecule has 2 amide bonds. The molecule has 1 saturated carbocycles. The maximum Gasteiger partial charge on any atom is 0.234 e. The predicted molar refractivity (Wildman–Crippen MR) is 70.8 cm³/mol. The molecule has 0 aromatic carbocycles. The van der Waals surface area contributed by atoms with Crippen LogP contribution in [0.3, 0.4) is 0 Å². The van der Waals surface area contributed by atoms with Crippen LogP contribution in [-0.4, -0.2) is 29.9 Å². The van der Waals surface area contributed by atoms with Gasteiger partial charge in [-0.3, -0.25) is 9.59 Å². The summed E-state index contributed by atoms with van der Waals surface area (Å²) in [5, 5.41) is 6.15. The third-order valence-electron chi connectivity index (χ3n) is 3.27. The van der Waals surface area contributed by atoms with Crippen molar-refractivity contribution in [1.82, 2.24) is 10.6 Å². The van der Waals surface area contributed by atoms with Crippen molar-refractivity contribution in [2.75, 3.05) is 6.54 Å². The van der Waals surface area contributed by atoms with E-state index < -0.39 is 0 Å². The standard InChI is InChI=1S/C13H25N3O2/c1-13(2,3)15-8-11(17)16-10-6-4-9(5-7-10)12(14)18/h9-10,15H,4-8H2,1-3H3,(H2,14,18)(H,16,17). The monoisotopic (exact) mass is 255 g/mol. The van der Waals surface area contributed by atoms with Gasteiger partial charge in [0.2, 0.25) is 11.8 Å². The number of primary amides is 1. The first-order valence-corrected chi connectivity index (χ1v) is 6.61. The van der Waals surface area contributed by atoms with Crippen LogP contribution in [0.5, 0.6) is 0 Å². The second-order valence-corrected chi connectivity index (χ2v) is 6.12. The molecular formula is C13H25N3O2. The van der Waals surface area contributed by atoms with Crippen molar-refractivity contribution in [3.05, 3.63) is 0 Å². The third kappa shape index (κ3) is 5.49. The molecule has 1 aliphatic carbocycles. The Bertz CT molecular complexity index is 302. The minimum atomic E-state index is -0.214. The molecule has 0 spiro atoms. The Morgan fingerprint density at radius 3 is 2.17 bits per heavy atom. The lowest BCUT2D eigenvalue weighted by Gasteiger charge is -2.28. The summed E-state index contributed by atoms with van der Waals surface area (Å²) in [6.07, 6.45) is 3.25. The molecule has 5 heteroatoms. The van der Waals surface area contributed by atoms with Gasteiger partial charge in [0.1, 0.15) is 0 Å². The highest BCUT2D eigenvalue weighted by atomic mass is 16.2. The average molecular weight is 255 g/mol. The summed E-state index contributed by atoms with van der Waals surface area (Å²) in [6, 6.07) is 0.190. The topological polar surface area (TPSA) is 84.2 Å². The van der Waals surface area contributed by atoms with Crippen LogP contribution in [-0.2, 0) is 9.59 Å². The van der Waals surface area contributed by atoms with Crippen LogP contribution in [0.1, 0.15) is 46.5 Å². The average Bonchev–Trinajstić information content (AvgIpc) is 2.26. The predicted octanol–water partition coefficient (Wildman–Crippen LogP) is 0.535. The van der Waals surface area contributed by atoms with Crippen LogP contribution in [0.2, 0.25) is 0 Å². The fourth-order valence-corrected chi connectivity index (χ4v) is 2.15. The molecule has 0 aromatic heterocycles. The van der Waals surface area contributed by atoms with E-state index in [9.17, 15) is 9.59 Å². The van der Waals surface area contributed by atoms with E-state index >= 15 is 0 Å². The smallest absolute Gasteiger partial charge is 0.234 e. The molecule has 4 N–H and O–H groups in total. The Kier molecular flexibility index (Phi) is 5.14. The van der Waals surface area contributed by atoms with E-state index in [-0.39, 0.29) is 29.3 Å². The summed E-state index contributed by atoms with van der Waals surface area (Å²) in [5.41, 5.74) is 5.22. The van der Waals surface area contributed by atoms with Crippen LogP contribution < -0.4 is 16.4 Å². The van der Waals surface area contributed by atoms with Gasteiger partial charge >= 0.3 is 0 Å². The van der Waals surface area contributed by atoms with Gasteiger partial charge < -0.3 is 16.4 Å². The molecule has 0 unspecified atom stereocenters. The first-order valence-electron chi connectivity index (χ1n) is 6.61. The van der Waals surface area contributed by atoms with Crippen LogP contribution in [0, 0.1) is 5.92 Å². The molecule has 0 aliphatic heterocycles. The molecule has 0 atom stereocenters. The van der Waals surface area contributed by atoms with Gasteiger partial charge in [0.15, 0.2) is 0 Å². The number of carbonyl (C=O) groups excluding carboxylic acids is 2. The molecule has 18 heavy (non-hydrogen) atoms. The first kappa shape index (κ1) is 15.0. The van der Waals surface area contributed by atoms with Gasteiger partial charge in [-0.2, -0.15) is 0 Å². The van der Waals surface area contributed by atoms with Crippen molar-refractivity contribution in [2.24, 2.45) is 11.7 Å². The molecule has 0 bridgehead atoms. The van der Waals surface area contributed by atoms with Gasteiger partial charge in [-0.1, -0.05) is 0 Å². The number of nitrogens with one attached hydrogen (secondary N) is 2. The van der Waals surface area contributed by atoms with E-state index in [1.807, 2.05) is 20.8 Å². The van der Waals surface area contributed by atoms with E-state index in [0.717, 1.165) is 25.7 Å². The molecule has 1 fully saturated rings. The Labute approximate surface area is 109 Å². The molecule has 1 aliphatic rings. The van der Waals surface area contributed by atoms with Crippen molar-refractivity contribution < 1.29 is 9.59 Å². The van der Waals surface area contributed by atoms with E-state index in [4.69, 9.17) is 5.73 Å². The molecule has 0 aromatic rings. The minimum Gasteiger partial charge on any atom is -0.369 e. The molecule has 1 rings (SSSR count). The van der Waals surface area contributed by atoms with E-state index in [2.05, 4.69) is 10.6 Å². The van der Waals surface area contributed by atoms with E-state index in [1.165, 1.54) is 0 Å². The fraction of sp³-hybridized carbons (Fsp3) is 0.846. The Balaban J connectivity index is 2.24. The highest BCUT2D eigenvalue weighted by Gasteiger charge is 2.25. The maximum absolute atomic E-state index is 11.7. The second-order valence-electron chi connectivity index (χ2n) is 6.12. The number of rotatable bonds is 4. The second kappa shape index (κ2) is 6.18. The van der Waals surface area contributed by atoms with Crippen molar-refractivity contribution in [1.29, 1.82) is 0 Å². The number of nitrogens with two attached hydrogens (primary N) is 1. The van der Waals surface area contributed by atoms with Gasteiger partial charge in [-0.05, 0) is 46.5 Å². The molecule has 0 heterocycles. The number of carbonyl (C=O) groups is 2. The summed E-state index contributed by atoms with van der Waals surface area (Å²) in [4.78, 5) is 22.7. The van der Waals surface area contributed by atoms with Crippen molar-refractivity contribution in [3.63, 3.8) is 0 Å². The van der Waals surface area contributed by atoms with Gasteiger partial charge in [0, 0.05) is 17.5 Å². The molecule has 0 saturated heterocycles. The largest absolute Gasteiger partial charge is 0.369 e. The third-order valence-corrected chi connectivity index (χ3v) is 3.27. The number of hydrogen-bond acceptors (Lipinski definition) is 3.